The van der Waals surface area contributed by atoms with Crippen molar-refractivity contribution in [3.05, 3.63) is 51.9 Å². The number of thiazole rings is 1. The van der Waals surface area contributed by atoms with Gasteiger partial charge in [-0.2, -0.15) is 0 Å². The summed E-state index contributed by atoms with van der Waals surface area (Å²) in [6, 6.07) is 5.83. The zero-order chi connectivity index (χ0) is 21.1. The number of nitrogens with two attached hydrogens (primary N) is 1. The van der Waals surface area contributed by atoms with E-state index in [4.69, 9.17) is 12.3 Å². The van der Waals surface area contributed by atoms with Gasteiger partial charge in [-0.1, -0.05) is 17.4 Å². The molecular weight excluding hydrogens is 396 g/mol. The number of aromatic amines is 1. The third kappa shape index (κ3) is 4.32. The van der Waals surface area contributed by atoms with Crippen LogP contribution in [0.3, 0.4) is 0 Å². The van der Waals surface area contributed by atoms with Crippen molar-refractivity contribution >= 4 is 39.0 Å². The molecular formula is C22H26N6OS. The number of nitrogens with zero attached hydrogens (tertiary/aromatic N) is 4. The van der Waals surface area contributed by atoms with Crippen molar-refractivity contribution in [2.75, 3.05) is 37.6 Å². The molecule has 0 spiro atoms. The first-order chi connectivity index (χ1) is 14.5. The van der Waals surface area contributed by atoms with Gasteiger partial charge < -0.3 is 15.6 Å². The standard InChI is InChI=1S/C22H26N6OS/c1-15-20(21(23)29)30-22(26-15)28-11-9-27(10-12-28)8-4-3-5-16-14-25-19-7-6-17(24-2)13-18(16)19/h6-7,13-14,25H,3-5,8-12H2,1H3,(H2,23,29). The molecule has 1 saturated heterocycles. The van der Waals surface area contributed by atoms with E-state index in [2.05, 4.69) is 30.8 Å². The van der Waals surface area contributed by atoms with Crippen LogP contribution in [0.4, 0.5) is 10.8 Å². The van der Waals surface area contributed by atoms with Crippen molar-refractivity contribution in [3.8, 4) is 0 Å². The summed E-state index contributed by atoms with van der Waals surface area (Å²) in [5, 5.41) is 2.07. The van der Waals surface area contributed by atoms with Crippen LogP contribution >= 0.6 is 11.3 Å². The number of aromatic nitrogens is 2. The van der Waals surface area contributed by atoms with Crippen LogP contribution in [-0.2, 0) is 6.42 Å². The fraction of sp³-hybridized carbons (Fsp3) is 0.409. The maximum atomic E-state index is 11.5. The number of unbranched alkanes of at least 4 members (excludes halogenated alkanes) is 1. The second-order valence-corrected chi connectivity index (χ2v) is 8.69. The molecule has 3 N–H and O–H groups in total. The number of piperazine rings is 1. The second kappa shape index (κ2) is 8.86. The Labute approximate surface area is 180 Å². The van der Waals surface area contributed by atoms with E-state index in [1.165, 1.54) is 22.3 Å². The van der Waals surface area contributed by atoms with Crippen molar-refractivity contribution in [2.24, 2.45) is 5.73 Å². The molecule has 3 heterocycles. The van der Waals surface area contributed by atoms with Crippen molar-refractivity contribution in [3.63, 3.8) is 0 Å². The molecule has 4 rings (SSSR count). The Morgan fingerprint density at radius 3 is 2.80 bits per heavy atom. The van der Waals surface area contributed by atoms with E-state index in [1.807, 2.05) is 25.1 Å². The number of amides is 1. The van der Waals surface area contributed by atoms with Gasteiger partial charge in [0.05, 0.1) is 12.3 Å². The number of rotatable bonds is 7. The summed E-state index contributed by atoms with van der Waals surface area (Å²) in [7, 11) is 0. The predicted molar refractivity (Wildman–Crippen MR) is 122 cm³/mol. The molecule has 0 aliphatic carbocycles. The summed E-state index contributed by atoms with van der Waals surface area (Å²) in [6.07, 6.45) is 5.38. The number of carbonyl (C=O) groups is 1. The van der Waals surface area contributed by atoms with Crippen LogP contribution in [0.2, 0.25) is 0 Å². The highest BCUT2D eigenvalue weighted by molar-refractivity contribution is 7.17. The fourth-order valence-corrected chi connectivity index (χ4v) is 4.97. The molecule has 1 aromatic carbocycles. The number of hydrogen-bond acceptors (Lipinski definition) is 5. The number of fused-ring (bicyclic) bond motifs is 1. The van der Waals surface area contributed by atoms with Gasteiger partial charge in [0.2, 0.25) is 0 Å². The summed E-state index contributed by atoms with van der Waals surface area (Å²) < 4.78 is 0. The van der Waals surface area contributed by atoms with E-state index in [0.29, 0.717) is 10.6 Å². The molecule has 0 saturated carbocycles. The molecule has 8 heteroatoms. The van der Waals surface area contributed by atoms with Crippen molar-refractivity contribution in [1.82, 2.24) is 14.9 Å². The van der Waals surface area contributed by atoms with Crippen LogP contribution in [-0.4, -0.2) is 53.5 Å². The lowest BCUT2D eigenvalue weighted by molar-refractivity contribution is 0.100. The molecule has 2 aromatic heterocycles. The average molecular weight is 423 g/mol. The number of aryl methyl sites for hydroxylation is 2. The fourth-order valence-electron chi connectivity index (χ4n) is 4.00. The first kappa shape index (κ1) is 20.4. The number of primary amides is 1. The number of carbonyl (C=O) groups excluding carboxylic acids is 1. The lowest BCUT2D eigenvalue weighted by Crippen LogP contribution is -2.46. The molecule has 3 aromatic rings. The van der Waals surface area contributed by atoms with E-state index < -0.39 is 5.91 Å². The monoisotopic (exact) mass is 422 g/mol. The number of benzene rings is 1. The van der Waals surface area contributed by atoms with Crippen molar-refractivity contribution in [1.29, 1.82) is 0 Å². The topological polar surface area (TPSA) is 82.6 Å². The molecule has 1 amide bonds. The van der Waals surface area contributed by atoms with Gasteiger partial charge in [-0.15, -0.1) is 0 Å². The summed E-state index contributed by atoms with van der Waals surface area (Å²) >= 11 is 1.40. The minimum atomic E-state index is -0.393. The maximum Gasteiger partial charge on any atom is 0.260 e. The first-order valence-corrected chi connectivity index (χ1v) is 11.1. The number of nitrogens with one attached hydrogen (secondary N) is 1. The van der Waals surface area contributed by atoms with Crippen molar-refractivity contribution in [2.45, 2.75) is 26.2 Å². The lowest BCUT2D eigenvalue weighted by Gasteiger charge is -2.34. The van der Waals surface area contributed by atoms with Crippen LogP contribution in [0.1, 0.15) is 33.8 Å². The number of hydrogen-bond donors (Lipinski definition) is 2. The Morgan fingerprint density at radius 2 is 2.10 bits per heavy atom. The summed E-state index contributed by atoms with van der Waals surface area (Å²) in [5.41, 5.74) is 9.24. The molecule has 7 nitrogen and oxygen atoms in total. The quantitative estimate of drug-likeness (QED) is 0.449. The Hall–Kier alpha value is -2.89. The van der Waals surface area contributed by atoms with Crippen LogP contribution < -0.4 is 10.6 Å². The molecule has 156 valence electrons. The predicted octanol–water partition coefficient (Wildman–Crippen LogP) is 3.73. The van der Waals surface area contributed by atoms with E-state index in [9.17, 15) is 4.79 Å². The average Bonchev–Trinajstić information content (AvgIpc) is 3.34. The summed E-state index contributed by atoms with van der Waals surface area (Å²) in [4.78, 5) is 28.1. The second-order valence-electron chi connectivity index (χ2n) is 7.72. The smallest absolute Gasteiger partial charge is 0.260 e. The van der Waals surface area contributed by atoms with Gasteiger partial charge in [0.25, 0.3) is 5.91 Å². The first-order valence-electron chi connectivity index (χ1n) is 10.3. The highest BCUT2D eigenvalue weighted by atomic mass is 32.1. The Kier molecular flexibility index (Phi) is 6.02. The number of anilines is 1. The SMILES string of the molecule is [C-]#[N+]c1ccc2[nH]cc(CCCCN3CCN(c4nc(C)c(C(N)=O)s4)CC3)c2c1. The van der Waals surface area contributed by atoms with Crippen LogP contribution in [0, 0.1) is 13.5 Å². The summed E-state index contributed by atoms with van der Waals surface area (Å²) in [6.45, 7) is 14.0. The minimum Gasteiger partial charge on any atom is -0.365 e. The van der Waals surface area contributed by atoms with Gasteiger partial charge in [-0.3, -0.25) is 9.69 Å². The molecule has 0 bridgehead atoms. The van der Waals surface area contributed by atoms with Crippen LogP contribution in [0.5, 0.6) is 0 Å². The normalized spacial score (nSPS) is 14.9. The zero-order valence-corrected chi connectivity index (χ0v) is 18.0. The molecule has 0 radical (unpaired) electrons. The van der Waals surface area contributed by atoms with Gasteiger partial charge >= 0.3 is 0 Å². The lowest BCUT2D eigenvalue weighted by atomic mass is 10.1. The molecule has 1 aliphatic rings. The molecule has 1 aliphatic heterocycles. The highest BCUT2D eigenvalue weighted by Gasteiger charge is 2.21. The summed E-state index contributed by atoms with van der Waals surface area (Å²) in [5.74, 6) is -0.393. The van der Waals surface area contributed by atoms with Gasteiger partial charge in [0.15, 0.2) is 10.8 Å². The molecule has 30 heavy (non-hydrogen) atoms. The third-order valence-electron chi connectivity index (χ3n) is 5.70. The van der Waals surface area contributed by atoms with Crippen LogP contribution in [0.25, 0.3) is 15.7 Å². The molecule has 1 fully saturated rings. The highest BCUT2D eigenvalue weighted by Crippen LogP contribution is 2.27. The number of H-pyrrole nitrogens is 1. The Bertz CT molecular complexity index is 1090. The van der Waals surface area contributed by atoms with Gasteiger partial charge in [0, 0.05) is 37.9 Å². The van der Waals surface area contributed by atoms with Gasteiger partial charge in [0.1, 0.15) is 4.88 Å². The van der Waals surface area contributed by atoms with E-state index in [-0.39, 0.29) is 0 Å². The maximum absolute atomic E-state index is 11.5. The molecule has 0 unspecified atom stereocenters. The van der Waals surface area contributed by atoms with E-state index in [0.717, 1.165) is 68.3 Å². The van der Waals surface area contributed by atoms with E-state index >= 15 is 0 Å². The minimum absolute atomic E-state index is 0.393. The Morgan fingerprint density at radius 1 is 1.30 bits per heavy atom. The molecule has 0 atom stereocenters. The van der Waals surface area contributed by atoms with Crippen molar-refractivity contribution < 1.29 is 4.79 Å². The van der Waals surface area contributed by atoms with Gasteiger partial charge in [-0.25, -0.2) is 9.83 Å². The van der Waals surface area contributed by atoms with E-state index in [1.54, 1.807) is 0 Å². The Balaban J connectivity index is 1.23. The van der Waals surface area contributed by atoms with Crippen LogP contribution in [0.15, 0.2) is 24.4 Å². The largest absolute Gasteiger partial charge is 0.365 e. The third-order valence-corrected chi connectivity index (χ3v) is 6.94. The zero-order valence-electron chi connectivity index (χ0n) is 17.1. The van der Waals surface area contributed by atoms with Gasteiger partial charge in [-0.05, 0) is 55.8 Å².